The molecule has 10 nitrogen and oxygen atoms in total. The van der Waals surface area contributed by atoms with E-state index >= 15 is 0 Å². The van der Waals surface area contributed by atoms with E-state index in [0.717, 1.165) is 11.0 Å². The van der Waals surface area contributed by atoms with Crippen LogP contribution in [-0.4, -0.2) is 35.2 Å². The van der Waals surface area contributed by atoms with Crippen molar-refractivity contribution < 1.29 is 28.8 Å². The Balaban J connectivity index is 1.35. The van der Waals surface area contributed by atoms with Crippen LogP contribution in [0.3, 0.4) is 0 Å². The quantitative estimate of drug-likeness (QED) is 0.151. The van der Waals surface area contributed by atoms with Crippen molar-refractivity contribution in [2.24, 2.45) is 5.92 Å². The first-order valence-electron chi connectivity index (χ1n) is 10.9. The molecule has 0 aromatic heterocycles. The first kappa shape index (κ1) is 24.4. The molecule has 0 unspecified atom stereocenters. The molecule has 1 atom stereocenters. The number of nitrogens with zero attached hydrogens (tertiary/aromatic N) is 3. The lowest BCUT2D eigenvalue weighted by Crippen LogP contribution is -2.29. The number of nitro benzene ring substituents is 1. The smallest absolute Gasteiger partial charge is 0.316 e. The lowest BCUT2D eigenvalue weighted by molar-refractivity contribution is -0.385. The average Bonchev–Trinajstić information content (AvgIpc) is 3.38. The van der Waals surface area contributed by atoms with Gasteiger partial charge in [-0.1, -0.05) is 35.3 Å². The summed E-state index contributed by atoms with van der Waals surface area (Å²) in [5, 5.41) is 12.0. The van der Waals surface area contributed by atoms with Crippen LogP contribution in [0, 0.1) is 16.0 Å². The van der Waals surface area contributed by atoms with E-state index in [-0.39, 0.29) is 41.4 Å². The van der Waals surface area contributed by atoms with Gasteiger partial charge in [-0.05, 0) is 36.4 Å². The fourth-order valence-corrected chi connectivity index (χ4v) is 4.72. The summed E-state index contributed by atoms with van der Waals surface area (Å²) >= 11 is 12.2. The lowest BCUT2D eigenvalue weighted by atomic mass is 10.1. The first-order valence-corrected chi connectivity index (χ1v) is 11.6. The maximum absolute atomic E-state index is 13.0. The number of fused-ring (bicyclic) bond motifs is 1. The number of imide groups is 1. The van der Waals surface area contributed by atoms with E-state index in [9.17, 15) is 29.3 Å². The summed E-state index contributed by atoms with van der Waals surface area (Å²) in [4.78, 5) is 64.1. The molecule has 5 rings (SSSR count). The molecule has 3 aromatic carbocycles. The number of hydrogen-bond acceptors (Lipinski definition) is 7. The second-order valence-corrected chi connectivity index (χ2v) is 9.17. The Labute approximate surface area is 219 Å². The molecule has 2 aliphatic heterocycles. The number of carbonyl (C=O) groups is 4. The van der Waals surface area contributed by atoms with Gasteiger partial charge < -0.3 is 9.64 Å². The molecule has 186 valence electrons. The van der Waals surface area contributed by atoms with E-state index in [1.807, 2.05) is 0 Å². The van der Waals surface area contributed by atoms with Crippen molar-refractivity contribution in [2.75, 3.05) is 16.3 Å². The van der Waals surface area contributed by atoms with Crippen LogP contribution in [0.25, 0.3) is 0 Å². The second kappa shape index (κ2) is 9.30. The first-order chi connectivity index (χ1) is 17.7. The van der Waals surface area contributed by atoms with E-state index in [4.69, 9.17) is 27.9 Å². The molecule has 2 aliphatic rings. The van der Waals surface area contributed by atoms with E-state index in [1.165, 1.54) is 47.4 Å². The van der Waals surface area contributed by atoms with Crippen molar-refractivity contribution >= 4 is 64.0 Å². The van der Waals surface area contributed by atoms with Crippen molar-refractivity contribution in [3.8, 4) is 5.75 Å². The van der Waals surface area contributed by atoms with Crippen LogP contribution in [0.15, 0.2) is 60.7 Å². The highest BCUT2D eigenvalue weighted by Crippen LogP contribution is 2.36. The van der Waals surface area contributed by atoms with Crippen LogP contribution >= 0.6 is 23.2 Å². The molecule has 0 radical (unpaired) electrons. The van der Waals surface area contributed by atoms with Gasteiger partial charge in [0.15, 0.2) is 0 Å². The third-order valence-corrected chi connectivity index (χ3v) is 6.60. The van der Waals surface area contributed by atoms with Crippen LogP contribution in [0.1, 0.15) is 27.1 Å². The van der Waals surface area contributed by atoms with Crippen molar-refractivity contribution in [3.63, 3.8) is 0 Å². The standard InChI is InChI=1S/C25H15Cl2N3O7/c26-14-7-8-18(27)20(10-14)28-12-13(9-21(28)31)25(34)37-16-4-1-3-15(11-16)29-23(32)17-5-2-6-19(30(35)36)22(17)24(29)33/h1-8,10-11,13H,9,12H2/t13-/m0/s1. The maximum atomic E-state index is 13.0. The minimum absolute atomic E-state index is 0.0273. The molecule has 1 saturated heterocycles. The van der Waals surface area contributed by atoms with E-state index in [1.54, 1.807) is 12.1 Å². The zero-order valence-electron chi connectivity index (χ0n) is 18.7. The van der Waals surface area contributed by atoms with Crippen molar-refractivity contribution in [1.29, 1.82) is 0 Å². The number of nitro groups is 1. The number of anilines is 2. The number of carbonyl (C=O) groups excluding carboxylic acids is 4. The summed E-state index contributed by atoms with van der Waals surface area (Å²) < 4.78 is 5.46. The molecule has 0 aliphatic carbocycles. The van der Waals surface area contributed by atoms with Gasteiger partial charge in [0.2, 0.25) is 5.91 Å². The van der Waals surface area contributed by atoms with Crippen molar-refractivity contribution in [3.05, 3.63) is 92.0 Å². The Morgan fingerprint density at radius 1 is 1.00 bits per heavy atom. The van der Waals surface area contributed by atoms with Crippen LogP contribution in [0.4, 0.5) is 17.1 Å². The van der Waals surface area contributed by atoms with E-state index in [0.29, 0.717) is 15.7 Å². The molecule has 0 bridgehead atoms. The molecular formula is C25H15Cl2N3O7. The van der Waals surface area contributed by atoms with E-state index < -0.39 is 34.3 Å². The van der Waals surface area contributed by atoms with Gasteiger partial charge in [0.1, 0.15) is 11.3 Å². The van der Waals surface area contributed by atoms with Gasteiger partial charge >= 0.3 is 5.97 Å². The summed E-state index contributed by atoms with van der Waals surface area (Å²) in [7, 11) is 0. The predicted octanol–water partition coefficient (Wildman–Crippen LogP) is 4.66. The number of benzene rings is 3. The predicted molar refractivity (Wildman–Crippen MR) is 133 cm³/mol. The molecule has 2 heterocycles. The van der Waals surface area contributed by atoms with Gasteiger partial charge in [-0.25, -0.2) is 4.90 Å². The molecule has 3 amide bonds. The van der Waals surface area contributed by atoms with Crippen LogP contribution in [0.2, 0.25) is 10.0 Å². The second-order valence-electron chi connectivity index (χ2n) is 8.32. The fourth-order valence-electron chi connectivity index (χ4n) is 4.33. The Hall–Kier alpha value is -4.28. The molecule has 1 fully saturated rings. The van der Waals surface area contributed by atoms with E-state index in [2.05, 4.69) is 0 Å². The number of halogens is 2. The van der Waals surface area contributed by atoms with Gasteiger partial charge in [-0.3, -0.25) is 29.3 Å². The SMILES string of the molecule is O=C(Oc1cccc(N2C(=O)c3cccc([N+](=O)[O-])c3C2=O)c1)[C@H]1CC(=O)N(c2cc(Cl)ccc2Cl)C1. The zero-order chi connectivity index (χ0) is 26.4. The molecule has 0 N–H and O–H groups in total. The Morgan fingerprint density at radius 2 is 1.76 bits per heavy atom. The monoisotopic (exact) mass is 539 g/mol. The Bertz CT molecular complexity index is 1520. The third kappa shape index (κ3) is 4.30. The Kier molecular flexibility index (Phi) is 6.14. The third-order valence-electron chi connectivity index (χ3n) is 6.04. The maximum Gasteiger partial charge on any atom is 0.316 e. The summed E-state index contributed by atoms with van der Waals surface area (Å²) in [6.45, 7) is 0.0273. The summed E-state index contributed by atoms with van der Waals surface area (Å²) in [5.41, 5.74) is -0.414. The summed E-state index contributed by atoms with van der Waals surface area (Å²) in [5.74, 6) is -3.38. The molecule has 12 heteroatoms. The van der Waals surface area contributed by atoms with Gasteiger partial charge in [0.05, 0.1) is 32.8 Å². The Morgan fingerprint density at radius 3 is 2.51 bits per heavy atom. The minimum Gasteiger partial charge on any atom is -0.426 e. The number of hydrogen-bond donors (Lipinski definition) is 0. The lowest BCUT2D eigenvalue weighted by Gasteiger charge is -2.18. The largest absolute Gasteiger partial charge is 0.426 e. The molecule has 0 saturated carbocycles. The highest BCUT2D eigenvalue weighted by atomic mass is 35.5. The minimum atomic E-state index is -0.855. The van der Waals surface area contributed by atoms with Crippen molar-refractivity contribution in [2.45, 2.75) is 6.42 Å². The van der Waals surface area contributed by atoms with Crippen molar-refractivity contribution in [1.82, 2.24) is 0 Å². The van der Waals surface area contributed by atoms with Gasteiger partial charge in [0, 0.05) is 30.1 Å². The summed E-state index contributed by atoms with van der Waals surface area (Å²) in [6.07, 6.45) is -0.108. The normalized spacial score (nSPS) is 16.8. The number of esters is 1. The van der Waals surface area contributed by atoms with Gasteiger partial charge in [-0.2, -0.15) is 0 Å². The molecule has 0 spiro atoms. The van der Waals surface area contributed by atoms with Crippen LogP contribution < -0.4 is 14.5 Å². The van der Waals surface area contributed by atoms with Crippen LogP contribution in [-0.2, 0) is 9.59 Å². The number of amides is 3. The highest BCUT2D eigenvalue weighted by Gasteiger charge is 2.42. The molecule has 37 heavy (non-hydrogen) atoms. The van der Waals surface area contributed by atoms with Gasteiger partial charge in [-0.15, -0.1) is 0 Å². The highest BCUT2D eigenvalue weighted by molar-refractivity contribution is 6.36. The van der Waals surface area contributed by atoms with Crippen LogP contribution in [0.5, 0.6) is 5.75 Å². The average molecular weight is 540 g/mol. The number of ether oxygens (including phenoxy) is 1. The topological polar surface area (TPSA) is 127 Å². The number of rotatable bonds is 5. The molecular weight excluding hydrogens is 525 g/mol. The fraction of sp³-hybridized carbons (Fsp3) is 0.120. The summed E-state index contributed by atoms with van der Waals surface area (Å²) in [6, 6.07) is 14.1. The molecule has 3 aromatic rings. The zero-order valence-corrected chi connectivity index (χ0v) is 20.2. The van der Waals surface area contributed by atoms with Gasteiger partial charge in [0.25, 0.3) is 17.5 Å².